The Morgan fingerprint density at radius 1 is 1.10 bits per heavy atom. The van der Waals surface area contributed by atoms with Crippen LogP contribution in [0, 0.1) is 0 Å². The van der Waals surface area contributed by atoms with Gasteiger partial charge in [-0.15, -0.1) is 0 Å². The van der Waals surface area contributed by atoms with Gasteiger partial charge in [0.15, 0.2) is 5.11 Å². The summed E-state index contributed by atoms with van der Waals surface area (Å²) in [6.07, 6.45) is 6.10. The summed E-state index contributed by atoms with van der Waals surface area (Å²) in [5.74, 6) is 1.48. The number of pyridine rings is 1. The molecule has 3 heterocycles. The molecule has 4 rings (SSSR count). The molecular weight excluding hydrogens is 396 g/mol. The third-order valence-electron chi connectivity index (χ3n) is 5.42. The Labute approximate surface area is 182 Å². The lowest BCUT2D eigenvalue weighted by Gasteiger charge is -2.28. The third-order valence-corrected chi connectivity index (χ3v) is 5.73. The van der Waals surface area contributed by atoms with E-state index in [1.165, 1.54) is 0 Å². The number of hydrogen-bond acceptors (Lipinski definition) is 4. The summed E-state index contributed by atoms with van der Waals surface area (Å²) in [7, 11) is 3.32. The molecule has 1 aliphatic heterocycles. The Hall–Kier alpha value is -3.06. The van der Waals surface area contributed by atoms with E-state index in [0.29, 0.717) is 11.2 Å². The zero-order valence-corrected chi connectivity index (χ0v) is 18.4. The fourth-order valence-corrected chi connectivity index (χ4v) is 4.20. The molecule has 6 nitrogen and oxygen atoms in total. The van der Waals surface area contributed by atoms with Gasteiger partial charge in [0.25, 0.3) is 0 Å². The van der Waals surface area contributed by atoms with Crippen molar-refractivity contribution in [1.29, 1.82) is 0 Å². The maximum absolute atomic E-state index is 5.81. The molecule has 2 aromatic heterocycles. The first-order valence-corrected chi connectivity index (χ1v) is 10.3. The molecule has 156 valence electrons. The molecular formula is C23H26N4O2S. The van der Waals surface area contributed by atoms with Crippen LogP contribution in [0.1, 0.15) is 43.2 Å². The van der Waals surface area contributed by atoms with Crippen molar-refractivity contribution in [3.05, 3.63) is 72.3 Å². The molecule has 1 saturated heterocycles. The first-order chi connectivity index (χ1) is 14.5. The Morgan fingerprint density at radius 3 is 2.57 bits per heavy atom. The fraction of sp³-hybridized carbons (Fsp3) is 0.304. The Bertz CT molecular complexity index is 1030. The van der Waals surface area contributed by atoms with Gasteiger partial charge in [0.1, 0.15) is 11.5 Å². The van der Waals surface area contributed by atoms with E-state index < -0.39 is 0 Å². The highest BCUT2D eigenvalue weighted by atomic mass is 32.1. The number of thiocarbonyl (C=S) groups is 1. The van der Waals surface area contributed by atoms with Crippen LogP contribution in [0.3, 0.4) is 0 Å². The number of rotatable bonds is 6. The maximum atomic E-state index is 5.81. The van der Waals surface area contributed by atoms with Crippen molar-refractivity contribution in [1.82, 2.24) is 14.9 Å². The van der Waals surface area contributed by atoms with Gasteiger partial charge in [0.05, 0.1) is 37.7 Å². The fourth-order valence-electron chi connectivity index (χ4n) is 3.86. The number of aromatic nitrogens is 2. The Balaban J connectivity index is 1.86. The van der Waals surface area contributed by atoms with E-state index in [4.69, 9.17) is 21.7 Å². The standard InChI is InChI=1S/C23H26N4O2S/c1-15(2)26-12-10-16(14-26)22-21(18-7-5-6-11-24-18)25-23(30)27(22)19-13-17(28-3)8-9-20(19)29-4/h5-15,21-22H,1-4H3,(H,25,30)/t21-,22-/m1/s1. The Kier molecular flexibility index (Phi) is 5.63. The van der Waals surface area contributed by atoms with Crippen LogP contribution in [0.2, 0.25) is 0 Å². The van der Waals surface area contributed by atoms with E-state index in [2.05, 4.69) is 52.1 Å². The number of methoxy groups -OCH3 is 2. The van der Waals surface area contributed by atoms with Crippen LogP contribution in [0.4, 0.5) is 5.69 Å². The molecule has 0 unspecified atom stereocenters. The van der Waals surface area contributed by atoms with Gasteiger partial charge >= 0.3 is 0 Å². The molecule has 2 atom stereocenters. The summed E-state index contributed by atoms with van der Waals surface area (Å²) in [6.45, 7) is 4.33. The molecule has 1 aliphatic rings. The van der Waals surface area contributed by atoms with Crippen LogP contribution in [-0.2, 0) is 0 Å². The van der Waals surface area contributed by atoms with Gasteiger partial charge in [-0.05, 0) is 62.0 Å². The minimum atomic E-state index is -0.0994. The van der Waals surface area contributed by atoms with E-state index in [1.54, 1.807) is 14.2 Å². The lowest BCUT2D eigenvalue weighted by Crippen LogP contribution is -2.29. The summed E-state index contributed by atoms with van der Waals surface area (Å²) >= 11 is 5.81. The van der Waals surface area contributed by atoms with Crippen molar-refractivity contribution in [2.75, 3.05) is 19.1 Å². The van der Waals surface area contributed by atoms with Gasteiger partial charge in [-0.1, -0.05) is 6.07 Å². The monoisotopic (exact) mass is 422 g/mol. The van der Waals surface area contributed by atoms with E-state index in [1.807, 2.05) is 42.6 Å². The Morgan fingerprint density at radius 2 is 1.93 bits per heavy atom. The topological polar surface area (TPSA) is 51.6 Å². The molecule has 0 amide bonds. The van der Waals surface area contributed by atoms with Crippen molar-refractivity contribution < 1.29 is 9.47 Å². The normalized spacial score (nSPS) is 18.6. The first kappa shape index (κ1) is 20.2. The predicted molar refractivity (Wildman–Crippen MR) is 122 cm³/mol. The molecule has 0 bridgehead atoms. The number of ether oxygens (including phenoxy) is 2. The molecule has 7 heteroatoms. The van der Waals surface area contributed by atoms with Gasteiger partial charge < -0.3 is 24.3 Å². The molecule has 0 radical (unpaired) electrons. The molecule has 0 spiro atoms. The third kappa shape index (κ3) is 3.61. The van der Waals surface area contributed by atoms with Crippen molar-refractivity contribution in [2.45, 2.75) is 32.0 Å². The first-order valence-electron chi connectivity index (χ1n) is 9.93. The lowest BCUT2D eigenvalue weighted by molar-refractivity contribution is 0.403. The molecule has 1 aromatic carbocycles. The average Bonchev–Trinajstić information content (AvgIpc) is 3.38. The average molecular weight is 423 g/mol. The second kappa shape index (κ2) is 8.36. The molecule has 1 N–H and O–H groups in total. The van der Waals surface area contributed by atoms with E-state index in [-0.39, 0.29) is 12.1 Å². The highest BCUT2D eigenvalue weighted by Crippen LogP contribution is 2.45. The maximum Gasteiger partial charge on any atom is 0.174 e. The largest absolute Gasteiger partial charge is 0.497 e. The SMILES string of the molecule is COc1ccc(OC)c(N2C(=S)N[C@H](c3ccccn3)[C@H]2c2ccn(C(C)C)c2)c1. The summed E-state index contributed by atoms with van der Waals surface area (Å²) < 4.78 is 13.3. The van der Waals surface area contributed by atoms with Gasteiger partial charge in [0, 0.05) is 30.7 Å². The molecule has 0 aliphatic carbocycles. The summed E-state index contributed by atoms with van der Waals surface area (Å²) in [5.41, 5.74) is 2.94. The second-order valence-corrected chi connectivity index (χ2v) is 7.91. The van der Waals surface area contributed by atoms with Crippen LogP contribution < -0.4 is 19.7 Å². The van der Waals surface area contributed by atoms with Gasteiger partial charge in [-0.25, -0.2) is 0 Å². The smallest absolute Gasteiger partial charge is 0.174 e. The second-order valence-electron chi connectivity index (χ2n) is 7.52. The minimum Gasteiger partial charge on any atom is -0.497 e. The van der Waals surface area contributed by atoms with Crippen molar-refractivity contribution in [3.8, 4) is 11.5 Å². The van der Waals surface area contributed by atoms with Crippen molar-refractivity contribution in [2.24, 2.45) is 0 Å². The number of nitrogens with one attached hydrogen (secondary N) is 1. The molecule has 0 saturated carbocycles. The number of anilines is 1. The number of nitrogens with zero attached hydrogens (tertiary/aromatic N) is 3. The minimum absolute atomic E-state index is 0.0894. The van der Waals surface area contributed by atoms with Crippen LogP contribution in [0.5, 0.6) is 11.5 Å². The summed E-state index contributed by atoms with van der Waals surface area (Å²) in [4.78, 5) is 6.71. The highest BCUT2D eigenvalue weighted by molar-refractivity contribution is 7.80. The number of hydrogen-bond donors (Lipinski definition) is 1. The van der Waals surface area contributed by atoms with Crippen LogP contribution >= 0.6 is 12.2 Å². The van der Waals surface area contributed by atoms with Crippen molar-refractivity contribution in [3.63, 3.8) is 0 Å². The van der Waals surface area contributed by atoms with Gasteiger partial charge in [-0.2, -0.15) is 0 Å². The van der Waals surface area contributed by atoms with E-state index in [9.17, 15) is 0 Å². The van der Waals surface area contributed by atoms with Crippen LogP contribution in [0.15, 0.2) is 61.1 Å². The zero-order valence-electron chi connectivity index (χ0n) is 17.6. The van der Waals surface area contributed by atoms with Gasteiger partial charge in [-0.3, -0.25) is 4.98 Å². The quantitative estimate of drug-likeness (QED) is 0.583. The van der Waals surface area contributed by atoms with Crippen LogP contribution in [-0.4, -0.2) is 28.9 Å². The molecule has 30 heavy (non-hydrogen) atoms. The van der Waals surface area contributed by atoms with E-state index >= 15 is 0 Å². The van der Waals surface area contributed by atoms with Gasteiger partial charge in [0.2, 0.25) is 0 Å². The summed E-state index contributed by atoms with van der Waals surface area (Å²) in [5, 5.41) is 4.11. The van der Waals surface area contributed by atoms with Crippen LogP contribution in [0.25, 0.3) is 0 Å². The van der Waals surface area contributed by atoms with Crippen molar-refractivity contribution >= 4 is 23.0 Å². The summed E-state index contributed by atoms with van der Waals surface area (Å²) in [6, 6.07) is 14.0. The number of benzene rings is 1. The molecule has 1 fully saturated rings. The zero-order chi connectivity index (χ0) is 21.3. The predicted octanol–water partition coefficient (Wildman–Crippen LogP) is 4.66. The van der Waals surface area contributed by atoms with E-state index in [0.717, 1.165) is 28.4 Å². The lowest BCUT2D eigenvalue weighted by atomic mass is 9.98. The highest BCUT2D eigenvalue weighted by Gasteiger charge is 2.42. The molecule has 3 aromatic rings.